The molecule has 2 amide bonds. The SMILES string of the molecule is CNC(=O)C(C)(C)CNC(=O)C1(COC)CCNCC1. The minimum Gasteiger partial charge on any atom is -0.384 e. The predicted octanol–water partition coefficient (Wildman–Crippen LogP) is -0.109. The lowest BCUT2D eigenvalue weighted by molar-refractivity contribution is -0.137. The van der Waals surface area contributed by atoms with Crippen molar-refractivity contribution in [1.82, 2.24) is 16.0 Å². The number of ether oxygens (including phenoxy) is 1. The molecule has 3 N–H and O–H groups in total. The molecule has 1 fully saturated rings. The molecule has 20 heavy (non-hydrogen) atoms. The number of piperidine rings is 1. The van der Waals surface area contributed by atoms with Crippen LogP contribution in [0.5, 0.6) is 0 Å². The highest BCUT2D eigenvalue weighted by atomic mass is 16.5. The summed E-state index contributed by atoms with van der Waals surface area (Å²) in [6.07, 6.45) is 1.51. The van der Waals surface area contributed by atoms with Crippen LogP contribution < -0.4 is 16.0 Å². The molecule has 116 valence electrons. The largest absolute Gasteiger partial charge is 0.384 e. The molecule has 1 aliphatic rings. The van der Waals surface area contributed by atoms with Gasteiger partial charge in [0.25, 0.3) is 0 Å². The number of nitrogens with one attached hydrogen (secondary N) is 3. The van der Waals surface area contributed by atoms with Gasteiger partial charge in [-0.3, -0.25) is 9.59 Å². The first kappa shape index (κ1) is 16.9. The summed E-state index contributed by atoms with van der Waals surface area (Å²) in [5.41, 5.74) is -1.09. The number of rotatable bonds is 6. The highest BCUT2D eigenvalue weighted by Gasteiger charge is 2.40. The fraction of sp³-hybridized carbons (Fsp3) is 0.857. The molecule has 0 aromatic rings. The zero-order chi connectivity index (χ0) is 15.2. The summed E-state index contributed by atoms with van der Waals surface area (Å²) in [6.45, 7) is 6.01. The van der Waals surface area contributed by atoms with E-state index in [0.717, 1.165) is 25.9 Å². The van der Waals surface area contributed by atoms with Crippen LogP contribution in [0.2, 0.25) is 0 Å². The van der Waals surface area contributed by atoms with Crippen LogP contribution in [0.3, 0.4) is 0 Å². The van der Waals surface area contributed by atoms with Gasteiger partial charge in [-0.25, -0.2) is 0 Å². The van der Waals surface area contributed by atoms with E-state index in [1.54, 1.807) is 14.2 Å². The Morgan fingerprint density at radius 2 is 1.90 bits per heavy atom. The first-order chi connectivity index (χ1) is 9.38. The van der Waals surface area contributed by atoms with E-state index >= 15 is 0 Å². The second-order valence-electron chi connectivity index (χ2n) is 6.11. The molecule has 0 bridgehead atoms. The van der Waals surface area contributed by atoms with Crippen molar-refractivity contribution in [2.45, 2.75) is 26.7 Å². The first-order valence-corrected chi connectivity index (χ1v) is 7.08. The van der Waals surface area contributed by atoms with E-state index in [-0.39, 0.29) is 11.8 Å². The van der Waals surface area contributed by atoms with Crippen LogP contribution in [0.1, 0.15) is 26.7 Å². The van der Waals surface area contributed by atoms with Gasteiger partial charge < -0.3 is 20.7 Å². The molecule has 1 rings (SSSR count). The van der Waals surface area contributed by atoms with Gasteiger partial charge in [-0.1, -0.05) is 0 Å². The van der Waals surface area contributed by atoms with Gasteiger partial charge in [-0.15, -0.1) is 0 Å². The van der Waals surface area contributed by atoms with Crippen molar-refractivity contribution in [3.8, 4) is 0 Å². The van der Waals surface area contributed by atoms with Crippen molar-refractivity contribution >= 4 is 11.8 Å². The third-order valence-corrected chi connectivity index (χ3v) is 4.00. The van der Waals surface area contributed by atoms with Gasteiger partial charge in [0.1, 0.15) is 0 Å². The van der Waals surface area contributed by atoms with Gasteiger partial charge in [0.05, 0.1) is 17.4 Å². The van der Waals surface area contributed by atoms with E-state index in [0.29, 0.717) is 13.2 Å². The van der Waals surface area contributed by atoms with Gasteiger partial charge in [0, 0.05) is 20.7 Å². The van der Waals surface area contributed by atoms with Crippen molar-refractivity contribution in [3.63, 3.8) is 0 Å². The Labute approximate surface area is 121 Å². The lowest BCUT2D eigenvalue weighted by atomic mass is 9.78. The molecule has 6 nitrogen and oxygen atoms in total. The number of hydrogen-bond donors (Lipinski definition) is 3. The van der Waals surface area contributed by atoms with Crippen LogP contribution in [0, 0.1) is 10.8 Å². The van der Waals surface area contributed by atoms with E-state index in [1.807, 2.05) is 13.8 Å². The highest BCUT2D eigenvalue weighted by molar-refractivity contribution is 5.85. The molecule has 0 radical (unpaired) electrons. The number of amides is 2. The number of methoxy groups -OCH3 is 1. The molecule has 0 spiro atoms. The molecule has 0 aliphatic carbocycles. The van der Waals surface area contributed by atoms with E-state index in [2.05, 4.69) is 16.0 Å². The first-order valence-electron chi connectivity index (χ1n) is 7.08. The molecule has 0 atom stereocenters. The van der Waals surface area contributed by atoms with Gasteiger partial charge in [-0.05, 0) is 39.8 Å². The fourth-order valence-corrected chi connectivity index (χ4v) is 2.53. The maximum atomic E-state index is 12.5. The van der Waals surface area contributed by atoms with Crippen LogP contribution >= 0.6 is 0 Å². The molecular formula is C14H27N3O3. The summed E-state index contributed by atoms with van der Waals surface area (Å²) >= 11 is 0. The Morgan fingerprint density at radius 1 is 1.30 bits per heavy atom. The molecule has 1 saturated heterocycles. The van der Waals surface area contributed by atoms with Crippen LogP contribution in [0.15, 0.2) is 0 Å². The zero-order valence-electron chi connectivity index (χ0n) is 13.0. The maximum Gasteiger partial charge on any atom is 0.228 e. The van der Waals surface area contributed by atoms with Crippen molar-refractivity contribution in [2.24, 2.45) is 10.8 Å². The lowest BCUT2D eigenvalue weighted by Gasteiger charge is -2.36. The second-order valence-corrected chi connectivity index (χ2v) is 6.11. The normalized spacial score (nSPS) is 18.4. The number of hydrogen-bond acceptors (Lipinski definition) is 4. The average Bonchev–Trinajstić information content (AvgIpc) is 2.45. The van der Waals surface area contributed by atoms with Crippen molar-refractivity contribution in [1.29, 1.82) is 0 Å². The molecule has 1 aliphatic heterocycles. The van der Waals surface area contributed by atoms with E-state index in [4.69, 9.17) is 4.74 Å². The van der Waals surface area contributed by atoms with Gasteiger partial charge in [0.2, 0.25) is 11.8 Å². The molecule has 0 saturated carbocycles. The zero-order valence-corrected chi connectivity index (χ0v) is 13.0. The van der Waals surface area contributed by atoms with Crippen molar-refractivity contribution in [2.75, 3.05) is 40.4 Å². The minimum absolute atomic E-state index is 0.0159. The smallest absolute Gasteiger partial charge is 0.228 e. The van der Waals surface area contributed by atoms with E-state index in [1.165, 1.54) is 0 Å². The molecule has 0 unspecified atom stereocenters. The van der Waals surface area contributed by atoms with Gasteiger partial charge in [-0.2, -0.15) is 0 Å². The minimum atomic E-state index is -0.619. The fourth-order valence-electron chi connectivity index (χ4n) is 2.53. The van der Waals surface area contributed by atoms with Crippen LogP contribution in [0.25, 0.3) is 0 Å². The molecule has 6 heteroatoms. The predicted molar refractivity (Wildman–Crippen MR) is 77.3 cm³/mol. The van der Waals surface area contributed by atoms with Gasteiger partial charge >= 0.3 is 0 Å². The molecule has 1 heterocycles. The standard InChI is InChI=1S/C14H27N3O3/c1-13(2,11(18)15-3)9-17-12(19)14(10-20-4)5-7-16-8-6-14/h16H,5-10H2,1-4H3,(H,15,18)(H,17,19). The Balaban J connectivity index is 2.65. The topological polar surface area (TPSA) is 79.5 Å². The number of carbonyl (C=O) groups excluding carboxylic acids is 2. The third kappa shape index (κ3) is 3.93. The van der Waals surface area contributed by atoms with Gasteiger partial charge in [0.15, 0.2) is 0 Å². The molecule has 0 aromatic carbocycles. The Hall–Kier alpha value is -1.14. The summed E-state index contributed by atoms with van der Waals surface area (Å²) in [5, 5.41) is 8.80. The maximum absolute atomic E-state index is 12.5. The number of carbonyl (C=O) groups is 2. The van der Waals surface area contributed by atoms with E-state index in [9.17, 15) is 9.59 Å². The van der Waals surface area contributed by atoms with Crippen LogP contribution in [-0.2, 0) is 14.3 Å². The summed E-state index contributed by atoms with van der Waals surface area (Å²) in [7, 11) is 3.22. The molecular weight excluding hydrogens is 258 g/mol. The molecule has 0 aromatic heterocycles. The average molecular weight is 285 g/mol. The summed E-state index contributed by atoms with van der Waals surface area (Å²) < 4.78 is 5.24. The Kier molecular flexibility index (Phi) is 5.95. The highest BCUT2D eigenvalue weighted by Crippen LogP contribution is 2.29. The lowest BCUT2D eigenvalue weighted by Crippen LogP contribution is -2.53. The Bertz CT molecular complexity index is 344. The third-order valence-electron chi connectivity index (χ3n) is 4.00. The summed E-state index contributed by atoms with van der Waals surface area (Å²) in [5.74, 6) is -0.0956. The van der Waals surface area contributed by atoms with Crippen molar-refractivity contribution in [3.05, 3.63) is 0 Å². The van der Waals surface area contributed by atoms with Crippen molar-refractivity contribution < 1.29 is 14.3 Å². The summed E-state index contributed by atoms with van der Waals surface area (Å²) in [6, 6.07) is 0. The van der Waals surface area contributed by atoms with Crippen LogP contribution in [-0.4, -0.2) is 52.2 Å². The Morgan fingerprint density at radius 3 is 2.40 bits per heavy atom. The quantitative estimate of drug-likeness (QED) is 0.636. The summed E-state index contributed by atoms with van der Waals surface area (Å²) in [4.78, 5) is 24.2. The van der Waals surface area contributed by atoms with E-state index < -0.39 is 10.8 Å². The monoisotopic (exact) mass is 285 g/mol. The van der Waals surface area contributed by atoms with Crippen LogP contribution in [0.4, 0.5) is 0 Å². The second kappa shape index (κ2) is 7.04.